The first-order chi connectivity index (χ1) is 9.04. The van der Waals surface area contributed by atoms with Gasteiger partial charge in [0.2, 0.25) is 5.91 Å². The Bertz CT molecular complexity index is 299. The summed E-state index contributed by atoms with van der Waals surface area (Å²) in [5.74, 6) is -0.0184. The van der Waals surface area contributed by atoms with Gasteiger partial charge in [-0.3, -0.25) is 9.59 Å². The zero-order chi connectivity index (χ0) is 14.3. The predicted molar refractivity (Wildman–Crippen MR) is 73.9 cm³/mol. The monoisotopic (exact) mass is 270 g/mol. The van der Waals surface area contributed by atoms with Gasteiger partial charge in [-0.05, 0) is 31.7 Å². The van der Waals surface area contributed by atoms with Crippen molar-refractivity contribution in [1.82, 2.24) is 10.2 Å². The molecule has 0 radical (unpaired) electrons. The molecule has 1 unspecified atom stereocenters. The highest BCUT2D eigenvalue weighted by Gasteiger charge is 2.25. The second kappa shape index (κ2) is 8.15. The van der Waals surface area contributed by atoms with Gasteiger partial charge in [-0.2, -0.15) is 0 Å². The minimum absolute atomic E-state index is 0.0236. The van der Waals surface area contributed by atoms with Gasteiger partial charge in [0, 0.05) is 32.0 Å². The molecule has 0 aromatic rings. The predicted octanol–water partition coefficient (Wildman–Crippen LogP) is 1.34. The molecule has 0 aromatic carbocycles. The number of aliphatic carboxylic acids is 1. The fourth-order valence-corrected chi connectivity index (χ4v) is 2.53. The van der Waals surface area contributed by atoms with E-state index in [2.05, 4.69) is 5.32 Å². The van der Waals surface area contributed by atoms with Gasteiger partial charge in [0.05, 0.1) is 0 Å². The topological polar surface area (TPSA) is 69.6 Å². The summed E-state index contributed by atoms with van der Waals surface area (Å²) >= 11 is 0. The second-order valence-corrected chi connectivity index (χ2v) is 5.41. The second-order valence-electron chi connectivity index (χ2n) is 5.41. The van der Waals surface area contributed by atoms with Crippen LogP contribution in [0.2, 0.25) is 0 Å². The number of carboxylic acid groups (broad SMARTS) is 1. The molecular formula is C14H26N2O3. The number of amides is 1. The number of hydrogen-bond acceptors (Lipinski definition) is 3. The minimum atomic E-state index is -0.724. The van der Waals surface area contributed by atoms with Crippen molar-refractivity contribution in [1.29, 1.82) is 0 Å². The SMILES string of the molecule is CCNCC(C)C(=O)N1CCC(CCC(=O)O)CC1. The molecule has 1 aliphatic rings. The van der Waals surface area contributed by atoms with E-state index in [0.29, 0.717) is 5.92 Å². The van der Waals surface area contributed by atoms with Crippen LogP contribution in [0.4, 0.5) is 0 Å². The van der Waals surface area contributed by atoms with Crippen LogP contribution in [0.5, 0.6) is 0 Å². The molecule has 0 saturated carbocycles. The van der Waals surface area contributed by atoms with Gasteiger partial charge in [0.1, 0.15) is 0 Å². The van der Waals surface area contributed by atoms with E-state index >= 15 is 0 Å². The molecule has 0 aliphatic carbocycles. The number of carbonyl (C=O) groups is 2. The van der Waals surface area contributed by atoms with Crippen molar-refractivity contribution in [2.45, 2.75) is 39.5 Å². The van der Waals surface area contributed by atoms with Gasteiger partial charge in [0.25, 0.3) is 0 Å². The first kappa shape index (κ1) is 16.0. The van der Waals surface area contributed by atoms with Gasteiger partial charge in [-0.15, -0.1) is 0 Å². The fraction of sp³-hybridized carbons (Fsp3) is 0.857. The Morgan fingerprint density at radius 2 is 2.00 bits per heavy atom. The fourth-order valence-electron chi connectivity index (χ4n) is 2.53. The number of hydrogen-bond donors (Lipinski definition) is 2. The van der Waals surface area contributed by atoms with Gasteiger partial charge in [-0.25, -0.2) is 0 Å². The number of nitrogens with one attached hydrogen (secondary N) is 1. The number of rotatable bonds is 7. The summed E-state index contributed by atoms with van der Waals surface area (Å²) in [5.41, 5.74) is 0. The molecule has 1 amide bonds. The lowest BCUT2D eigenvalue weighted by atomic mass is 9.91. The molecule has 110 valence electrons. The maximum atomic E-state index is 12.2. The Labute approximate surface area is 115 Å². The first-order valence-corrected chi connectivity index (χ1v) is 7.25. The third-order valence-corrected chi connectivity index (χ3v) is 3.81. The lowest BCUT2D eigenvalue weighted by molar-refractivity contribution is -0.139. The number of carbonyl (C=O) groups excluding carboxylic acids is 1. The highest BCUT2D eigenvalue weighted by molar-refractivity contribution is 5.78. The average Bonchev–Trinajstić information content (AvgIpc) is 2.42. The van der Waals surface area contributed by atoms with Gasteiger partial charge < -0.3 is 15.3 Å². The van der Waals surface area contributed by atoms with Crippen molar-refractivity contribution < 1.29 is 14.7 Å². The average molecular weight is 270 g/mol. The molecule has 0 spiro atoms. The summed E-state index contributed by atoms with van der Waals surface area (Å²) < 4.78 is 0. The zero-order valence-corrected chi connectivity index (χ0v) is 12.0. The van der Waals surface area contributed by atoms with Crippen molar-refractivity contribution in [2.24, 2.45) is 11.8 Å². The summed E-state index contributed by atoms with van der Waals surface area (Å²) in [5, 5.41) is 11.9. The quantitative estimate of drug-likeness (QED) is 0.732. The third-order valence-electron chi connectivity index (χ3n) is 3.81. The Morgan fingerprint density at radius 1 is 1.37 bits per heavy atom. The van der Waals surface area contributed by atoms with E-state index in [0.717, 1.165) is 45.4 Å². The van der Waals surface area contributed by atoms with E-state index in [1.165, 1.54) is 0 Å². The lowest BCUT2D eigenvalue weighted by Crippen LogP contribution is -2.43. The van der Waals surface area contributed by atoms with E-state index in [-0.39, 0.29) is 18.2 Å². The number of nitrogens with zero attached hydrogens (tertiary/aromatic N) is 1. The van der Waals surface area contributed by atoms with Crippen molar-refractivity contribution in [3.63, 3.8) is 0 Å². The molecule has 0 bridgehead atoms. The van der Waals surface area contributed by atoms with E-state index in [4.69, 9.17) is 5.11 Å². The van der Waals surface area contributed by atoms with Crippen LogP contribution in [0.25, 0.3) is 0 Å². The van der Waals surface area contributed by atoms with Gasteiger partial charge in [-0.1, -0.05) is 13.8 Å². The van der Waals surface area contributed by atoms with E-state index < -0.39 is 5.97 Å². The van der Waals surface area contributed by atoms with Crippen molar-refractivity contribution in [3.8, 4) is 0 Å². The minimum Gasteiger partial charge on any atom is -0.481 e. The van der Waals surface area contributed by atoms with Crippen LogP contribution in [-0.2, 0) is 9.59 Å². The summed E-state index contributed by atoms with van der Waals surface area (Å²) in [7, 11) is 0. The van der Waals surface area contributed by atoms with Crippen LogP contribution in [0.1, 0.15) is 39.5 Å². The van der Waals surface area contributed by atoms with Gasteiger partial charge >= 0.3 is 5.97 Å². The summed E-state index contributed by atoms with van der Waals surface area (Å²) in [6.45, 7) is 7.16. The van der Waals surface area contributed by atoms with E-state index in [9.17, 15) is 9.59 Å². The lowest BCUT2D eigenvalue weighted by Gasteiger charge is -2.33. The van der Waals surface area contributed by atoms with Crippen molar-refractivity contribution in [2.75, 3.05) is 26.2 Å². The third kappa shape index (κ3) is 5.59. The Balaban J connectivity index is 2.28. The van der Waals surface area contributed by atoms with Crippen LogP contribution in [0.3, 0.4) is 0 Å². The van der Waals surface area contributed by atoms with Crippen LogP contribution in [0.15, 0.2) is 0 Å². The summed E-state index contributed by atoms with van der Waals surface area (Å²) in [4.78, 5) is 24.6. The standard InChI is InChI=1S/C14H26N2O3/c1-3-15-10-11(2)14(19)16-8-6-12(7-9-16)4-5-13(17)18/h11-12,15H,3-10H2,1-2H3,(H,17,18). The normalized spacial score (nSPS) is 18.3. The van der Waals surface area contributed by atoms with Crippen LogP contribution >= 0.6 is 0 Å². The molecule has 1 heterocycles. The van der Waals surface area contributed by atoms with Crippen LogP contribution < -0.4 is 5.32 Å². The Hall–Kier alpha value is -1.10. The molecule has 0 aromatic heterocycles. The summed E-state index contributed by atoms with van der Waals surface area (Å²) in [6.07, 6.45) is 2.86. The smallest absolute Gasteiger partial charge is 0.303 e. The maximum absolute atomic E-state index is 12.2. The van der Waals surface area contributed by atoms with Gasteiger partial charge in [0.15, 0.2) is 0 Å². The molecule has 1 saturated heterocycles. The number of likely N-dealkylation sites (tertiary alicyclic amines) is 1. The molecular weight excluding hydrogens is 244 g/mol. The molecule has 5 nitrogen and oxygen atoms in total. The number of carboxylic acids is 1. The Morgan fingerprint density at radius 3 is 2.53 bits per heavy atom. The molecule has 1 fully saturated rings. The van der Waals surface area contributed by atoms with E-state index in [1.807, 2.05) is 18.7 Å². The molecule has 1 rings (SSSR count). The summed E-state index contributed by atoms with van der Waals surface area (Å²) in [6, 6.07) is 0. The van der Waals surface area contributed by atoms with E-state index in [1.54, 1.807) is 0 Å². The van der Waals surface area contributed by atoms with Crippen molar-refractivity contribution >= 4 is 11.9 Å². The highest BCUT2D eigenvalue weighted by atomic mass is 16.4. The van der Waals surface area contributed by atoms with Crippen molar-refractivity contribution in [3.05, 3.63) is 0 Å². The zero-order valence-electron chi connectivity index (χ0n) is 12.0. The largest absolute Gasteiger partial charge is 0.481 e. The molecule has 19 heavy (non-hydrogen) atoms. The number of piperidine rings is 1. The molecule has 1 atom stereocenters. The maximum Gasteiger partial charge on any atom is 0.303 e. The molecule has 5 heteroatoms. The molecule has 2 N–H and O–H groups in total. The first-order valence-electron chi connectivity index (χ1n) is 7.25. The molecule has 1 aliphatic heterocycles. The highest BCUT2D eigenvalue weighted by Crippen LogP contribution is 2.22. The van der Waals surface area contributed by atoms with Crippen LogP contribution in [0, 0.1) is 11.8 Å². The Kier molecular flexibility index (Phi) is 6.84. The van der Waals surface area contributed by atoms with Crippen LogP contribution in [-0.4, -0.2) is 48.1 Å².